The molecule has 0 N–H and O–H groups in total. The third-order valence-corrected chi connectivity index (χ3v) is 12.1. The molecule has 2 unspecified atom stereocenters. The van der Waals surface area contributed by atoms with Crippen LogP contribution in [-0.2, 0) is 10.3 Å². The minimum absolute atomic E-state index is 0.364. The second-order valence-electron chi connectivity index (χ2n) is 13.1. The normalized spacial score (nSPS) is 12.0. The Morgan fingerprint density at radius 3 is 0.865 bits per heavy atom. The third kappa shape index (κ3) is 5.72. The van der Waals surface area contributed by atoms with E-state index in [1.165, 1.54) is 48.5 Å². The fraction of sp³-hybridized carbons (Fsp3) is 0.0435. The minimum Gasteiger partial charge on any atom is -0.207 e. The Kier molecular flexibility index (Phi) is 8.78. The average Bonchev–Trinajstić information content (AvgIpc) is 3.17. The molecule has 2 atom stereocenters. The lowest BCUT2D eigenvalue weighted by molar-refractivity contribution is 0.624. The van der Waals surface area contributed by atoms with Gasteiger partial charge in [-0.3, -0.25) is 0 Å². The number of hydrogen-bond donors (Lipinski definition) is 0. The number of fused-ring (bicyclic) bond motifs is 2. The van der Waals surface area contributed by atoms with Crippen molar-refractivity contribution in [2.75, 3.05) is 0 Å². The molecule has 0 aliphatic carbocycles. The van der Waals surface area contributed by atoms with E-state index in [4.69, 9.17) is 0 Å². The Morgan fingerprint density at radius 2 is 0.577 bits per heavy atom. The van der Waals surface area contributed by atoms with E-state index in [0.717, 1.165) is 66.1 Å². The summed E-state index contributed by atoms with van der Waals surface area (Å²) in [5.74, 6) is -1.46. The van der Waals surface area contributed by atoms with Crippen molar-refractivity contribution in [2.24, 2.45) is 0 Å². The first-order chi connectivity index (χ1) is 25.2. The van der Waals surface area contributed by atoms with E-state index in [-0.39, 0.29) is 23.3 Å². The Hall–Kier alpha value is -5.14. The summed E-state index contributed by atoms with van der Waals surface area (Å²) in [4.78, 5) is 0. The largest absolute Gasteiger partial charge is 0.207 e. The van der Waals surface area contributed by atoms with E-state index in [9.17, 15) is 17.6 Å². The maximum absolute atomic E-state index is 14.5. The number of rotatable bonds is 7. The summed E-state index contributed by atoms with van der Waals surface area (Å²) in [6.07, 6.45) is 0. The first-order valence-electron chi connectivity index (χ1n) is 16.8. The Morgan fingerprint density at radius 1 is 0.308 bits per heavy atom. The number of hydrogen-bond acceptors (Lipinski definition) is 0. The van der Waals surface area contributed by atoms with Crippen LogP contribution in [0.3, 0.4) is 0 Å². The van der Waals surface area contributed by atoms with Crippen molar-refractivity contribution in [2.45, 2.75) is 10.3 Å². The van der Waals surface area contributed by atoms with Crippen LogP contribution in [0.5, 0.6) is 0 Å². The zero-order chi connectivity index (χ0) is 36.0. The summed E-state index contributed by atoms with van der Waals surface area (Å²) in [5, 5.41) is 1.99. The van der Waals surface area contributed by atoms with Crippen molar-refractivity contribution in [3.63, 3.8) is 0 Å². The van der Waals surface area contributed by atoms with Crippen molar-refractivity contribution < 1.29 is 17.6 Å². The Labute approximate surface area is 304 Å². The summed E-state index contributed by atoms with van der Waals surface area (Å²) >= 11 is 0. The molecule has 52 heavy (non-hydrogen) atoms. The molecular formula is C46H32F4P2. The highest BCUT2D eigenvalue weighted by Gasteiger charge is 2.39. The highest BCUT2D eigenvalue weighted by molar-refractivity contribution is 7.19. The van der Waals surface area contributed by atoms with Crippen molar-refractivity contribution in [3.8, 4) is 11.1 Å². The molecule has 0 saturated heterocycles. The van der Waals surface area contributed by atoms with Gasteiger partial charge in [0.2, 0.25) is 0 Å². The molecule has 8 aromatic rings. The standard InChI is InChI=1S/C46H32F4P2/c47-35-19-11-31(12-20-35)45(51,32-13-21-36(48)22-14-32)41-27-9-29-5-1-3-7-39(29)43(41)44-40-8-4-2-6-30(40)10-28-42(44)46(52,33-15-23-37(49)24-16-33)34-17-25-38(50)26-18-34/h1-28H,51-52H2. The molecule has 0 saturated carbocycles. The fourth-order valence-corrected chi connectivity index (χ4v) is 8.80. The second kappa shape index (κ2) is 13.4. The summed E-state index contributed by atoms with van der Waals surface area (Å²) in [6.45, 7) is 0. The van der Waals surface area contributed by atoms with Crippen LogP contribution >= 0.6 is 18.5 Å². The predicted octanol–water partition coefficient (Wildman–Crippen LogP) is 12.6. The van der Waals surface area contributed by atoms with Gasteiger partial charge in [-0.1, -0.05) is 121 Å². The summed E-state index contributed by atoms with van der Waals surface area (Å²) < 4.78 is 58.0. The minimum atomic E-state index is -0.982. The molecule has 6 heteroatoms. The van der Waals surface area contributed by atoms with Crippen molar-refractivity contribution in [3.05, 3.63) is 227 Å². The summed E-state index contributed by atoms with van der Waals surface area (Å²) in [7, 11) is 6.07. The van der Waals surface area contributed by atoms with Crippen LogP contribution < -0.4 is 0 Å². The average molecular weight is 723 g/mol. The first kappa shape index (κ1) is 34.0. The molecule has 0 fully saturated rings. The lowest BCUT2D eigenvalue weighted by Crippen LogP contribution is -2.25. The molecule has 0 spiro atoms. The van der Waals surface area contributed by atoms with Gasteiger partial charge in [-0.2, -0.15) is 0 Å². The molecule has 0 heterocycles. The fourth-order valence-electron chi connectivity index (χ4n) is 7.55. The van der Waals surface area contributed by atoms with Gasteiger partial charge in [0.25, 0.3) is 0 Å². The van der Waals surface area contributed by atoms with Crippen molar-refractivity contribution >= 4 is 40.0 Å². The van der Waals surface area contributed by atoms with E-state index >= 15 is 0 Å². The molecule has 0 nitrogen and oxygen atoms in total. The summed E-state index contributed by atoms with van der Waals surface area (Å²) in [5.41, 5.74) is 6.77. The van der Waals surface area contributed by atoms with Gasteiger partial charge in [0.1, 0.15) is 23.3 Å². The lowest BCUT2D eigenvalue weighted by Gasteiger charge is -2.37. The van der Waals surface area contributed by atoms with Crippen molar-refractivity contribution in [1.82, 2.24) is 0 Å². The van der Waals surface area contributed by atoms with Crippen LogP contribution in [-0.4, -0.2) is 0 Å². The molecule has 0 amide bonds. The first-order valence-corrected chi connectivity index (χ1v) is 18.0. The Bertz CT molecular complexity index is 2290. The highest BCUT2D eigenvalue weighted by atomic mass is 31.0. The molecule has 8 rings (SSSR count). The second-order valence-corrected chi connectivity index (χ2v) is 14.8. The van der Waals surface area contributed by atoms with Gasteiger partial charge < -0.3 is 0 Å². The molecule has 254 valence electrons. The molecular weight excluding hydrogens is 690 g/mol. The monoisotopic (exact) mass is 722 g/mol. The van der Waals surface area contributed by atoms with Gasteiger partial charge >= 0.3 is 0 Å². The van der Waals surface area contributed by atoms with Gasteiger partial charge in [0.05, 0.1) is 10.3 Å². The van der Waals surface area contributed by atoms with Crippen molar-refractivity contribution in [1.29, 1.82) is 0 Å². The van der Waals surface area contributed by atoms with E-state index in [0.29, 0.717) is 0 Å². The SMILES string of the molecule is Fc1ccc(C(P)(c2ccc(F)cc2)c2ccc3ccccc3c2-c2c(C(P)(c3ccc(F)cc3)c3ccc(F)cc3)ccc3ccccc23)cc1. The maximum Gasteiger partial charge on any atom is 0.123 e. The van der Waals surface area contributed by atoms with Crippen LogP contribution in [0.1, 0.15) is 33.4 Å². The predicted molar refractivity (Wildman–Crippen MR) is 212 cm³/mol. The van der Waals surface area contributed by atoms with E-state index in [1.807, 2.05) is 24.3 Å². The summed E-state index contributed by atoms with van der Waals surface area (Å²) in [6, 6.07) is 50.4. The van der Waals surface area contributed by atoms with Gasteiger partial charge in [0, 0.05) is 0 Å². The van der Waals surface area contributed by atoms with Crippen LogP contribution in [0.2, 0.25) is 0 Å². The highest BCUT2D eigenvalue weighted by Crippen LogP contribution is 2.55. The van der Waals surface area contributed by atoms with Gasteiger partial charge in [-0.15, -0.1) is 18.5 Å². The molecule has 8 aromatic carbocycles. The van der Waals surface area contributed by atoms with E-state index < -0.39 is 10.3 Å². The molecule has 0 radical (unpaired) electrons. The molecule has 0 aliphatic rings. The molecule has 0 aliphatic heterocycles. The van der Waals surface area contributed by atoms with E-state index in [2.05, 4.69) is 67.0 Å². The Balaban J connectivity index is 1.57. The zero-order valence-electron chi connectivity index (χ0n) is 27.8. The van der Waals surface area contributed by atoms with Gasteiger partial charge in [0.15, 0.2) is 0 Å². The zero-order valence-corrected chi connectivity index (χ0v) is 30.1. The van der Waals surface area contributed by atoms with Crippen LogP contribution in [0, 0.1) is 23.3 Å². The van der Waals surface area contributed by atoms with Gasteiger partial charge in [-0.05, 0) is 115 Å². The van der Waals surface area contributed by atoms with Crippen LogP contribution in [0.15, 0.2) is 170 Å². The van der Waals surface area contributed by atoms with Crippen LogP contribution in [0.25, 0.3) is 32.7 Å². The van der Waals surface area contributed by atoms with Gasteiger partial charge in [-0.25, -0.2) is 17.6 Å². The topological polar surface area (TPSA) is 0 Å². The lowest BCUT2D eigenvalue weighted by atomic mass is 9.74. The number of benzene rings is 8. The van der Waals surface area contributed by atoms with Crippen LogP contribution in [0.4, 0.5) is 17.6 Å². The third-order valence-electron chi connectivity index (χ3n) is 10.2. The number of halogens is 4. The maximum atomic E-state index is 14.5. The smallest absolute Gasteiger partial charge is 0.123 e. The molecule has 0 aromatic heterocycles. The molecule has 0 bridgehead atoms. The van der Waals surface area contributed by atoms with E-state index in [1.54, 1.807) is 48.5 Å². The quantitative estimate of drug-likeness (QED) is 0.0873.